The molecule has 0 unspecified atom stereocenters. The first-order chi connectivity index (χ1) is 3.55. The van der Waals surface area contributed by atoms with Crippen molar-refractivity contribution in [1.82, 2.24) is 10.7 Å². The van der Waals surface area contributed by atoms with E-state index < -0.39 is 16.9 Å². The largest absolute Gasteiger partial charge is 0.183 e. The van der Waals surface area contributed by atoms with Crippen molar-refractivity contribution >= 4 is 0 Å². The maximum atomic E-state index is 11.0. The summed E-state index contributed by atoms with van der Waals surface area (Å²) >= 11 is 0. The van der Waals surface area contributed by atoms with Gasteiger partial charge in [-0.3, -0.25) is 0 Å². The van der Waals surface area contributed by atoms with Crippen molar-refractivity contribution in [3.05, 3.63) is 0 Å². The topological polar surface area (TPSA) is 6.48 Å². The lowest BCUT2D eigenvalue weighted by Gasteiger charge is -2.08. The van der Waals surface area contributed by atoms with E-state index in [9.17, 15) is 17.9 Å². The van der Waals surface area contributed by atoms with E-state index in [1.165, 1.54) is 0 Å². The lowest BCUT2D eigenvalue weighted by molar-refractivity contribution is -0.311. The number of halogens is 4. The van der Waals surface area contributed by atoms with Gasteiger partial charge >= 0.3 is 0 Å². The molecular weight excluding hydrogens is 128 g/mol. The third-order valence-electron chi connectivity index (χ3n) is 0.565. The molecule has 0 aliphatic heterocycles. The van der Waals surface area contributed by atoms with Crippen molar-refractivity contribution in [2.24, 2.45) is 0 Å². The van der Waals surface area contributed by atoms with E-state index in [1.807, 2.05) is 0 Å². The Morgan fingerprint density at radius 3 is 1.25 bits per heavy atom. The molecule has 6 heteroatoms. The molecule has 2 nitrogen and oxygen atoms in total. The summed E-state index contributed by atoms with van der Waals surface area (Å²) in [5.41, 5.74) is 0. The van der Waals surface area contributed by atoms with Gasteiger partial charge in [0.25, 0.3) is 0 Å². The van der Waals surface area contributed by atoms with Gasteiger partial charge in [-0.25, -0.2) is 0 Å². The maximum Gasteiger partial charge on any atom is 0.183 e. The number of rotatable bonds is 2. The fourth-order valence-electron chi connectivity index (χ4n) is 0.0660. The molecule has 0 rings (SSSR count). The molecule has 0 aliphatic carbocycles. The average Bonchev–Trinajstić information content (AvgIpc) is 1.64. The molecule has 8 heavy (non-hydrogen) atoms. The zero-order chi connectivity index (χ0) is 6.73. The molecule has 0 aromatic carbocycles. The molecule has 0 aromatic rings. The fourth-order valence-corrected chi connectivity index (χ4v) is 0.0660. The lowest BCUT2D eigenvalue weighted by atomic mass is 10.6. The van der Waals surface area contributed by atoms with Crippen LogP contribution >= 0.6 is 0 Å². The van der Waals surface area contributed by atoms with E-state index in [1.54, 1.807) is 0 Å². The van der Waals surface area contributed by atoms with E-state index >= 15 is 0 Å². The highest BCUT2D eigenvalue weighted by Crippen LogP contribution is 2.06. The maximum absolute atomic E-state index is 11.0. The standard InChI is InChI=1S/C2H4F4N2/c1-2(7(3)4)8(5)6/h2H,1H3. The summed E-state index contributed by atoms with van der Waals surface area (Å²) in [4.78, 5) is 0. The Labute approximate surface area is 43.0 Å². The zero-order valence-corrected chi connectivity index (χ0v) is 3.98. The lowest BCUT2D eigenvalue weighted by Crippen LogP contribution is -2.27. The molecular formula is C2H4F4N2. The molecule has 0 saturated carbocycles. The normalized spacial score (nSPS) is 12.0. The van der Waals surface area contributed by atoms with Crippen molar-refractivity contribution in [1.29, 1.82) is 0 Å². The Balaban J connectivity index is 3.46. The quantitative estimate of drug-likeness (QED) is 0.319. The van der Waals surface area contributed by atoms with Crippen LogP contribution in [0, 0.1) is 0 Å². The molecule has 0 heterocycles. The van der Waals surface area contributed by atoms with E-state index in [-0.39, 0.29) is 0 Å². The Morgan fingerprint density at radius 2 is 1.25 bits per heavy atom. The van der Waals surface area contributed by atoms with Gasteiger partial charge in [-0.15, -0.1) is 0 Å². The predicted octanol–water partition coefficient (Wildman–Crippen LogP) is 1.47. The van der Waals surface area contributed by atoms with Crippen molar-refractivity contribution in [2.75, 3.05) is 0 Å². The summed E-state index contributed by atoms with van der Waals surface area (Å²) in [5, 5.41) is -3.17. The third kappa shape index (κ3) is 2.08. The van der Waals surface area contributed by atoms with E-state index in [2.05, 4.69) is 0 Å². The molecule has 0 N–H and O–H groups in total. The smallest absolute Gasteiger partial charge is 0.0996 e. The van der Waals surface area contributed by atoms with Crippen molar-refractivity contribution < 1.29 is 17.9 Å². The molecule has 0 fully saturated rings. The van der Waals surface area contributed by atoms with Gasteiger partial charge in [0.05, 0.1) is 0 Å². The van der Waals surface area contributed by atoms with Crippen LogP contribution in [0.3, 0.4) is 0 Å². The minimum Gasteiger partial charge on any atom is -0.0996 e. The SMILES string of the molecule is CC(N(F)F)N(F)F. The van der Waals surface area contributed by atoms with Crippen molar-refractivity contribution in [3.63, 3.8) is 0 Å². The van der Waals surface area contributed by atoms with Gasteiger partial charge < -0.3 is 0 Å². The van der Waals surface area contributed by atoms with Crippen LogP contribution in [0.5, 0.6) is 0 Å². The fraction of sp³-hybridized carbons (Fsp3) is 1.00. The average molecular weight is 132 g/mol. The molecule has 0 aliphatic rings. The van der Waals surface area contributed by atoms with Crippen molar-refractivity contribution in [2.45, 2.75) is 13.1 Å². The van der Waals surface area contributed by atoms with Gasteiger partial charge in [-0.05, 0) is 6.92 Å². The van der Waals surface area contributed by atoms with Crippen LogP contribution in [0.2, 0.25) is 0 Å². The van der Waals surface area contributed by atoms with Gasteiger partial charge in [0, 0.05) is 10.7 Å². The van der Waals surface area contributed by atoms with Crippen LogP contribution in [-0.2, 0) is 0 Å². The second kappa shape index (κ2) is 2.83. The summed E-state index contributed by atoms with van der Waals surface area (Å²) in [6, 6.07) is 0. The second-order valence-corrected chi connectivity index (χ2v) is 1.15. The summed E-state index contributed by atoms with van der Waals surface area (Å²) in [6.07, 6.45) is -2.13. The minimum absolute atomic E-state index is 0.667. The first-order valence-corrected chi connectivity index (χ1v) is 1.77. The van der Waals surface area contributed by atoms with Crippen LogP contribution in [0.4, 0.5) is 17.9 Å². The molecule has 0 amide bonds. The Morgan fingerprint density at radius 1 is 1.00 bits per heavy atom. The van der Waals surface area contributed by atoms with Crippen LogP contribution in [-0.4, -0.2) is 16.9 Å². The van der Waals surface area contributed by atoms with Crippen molar-refractivity contribution in [3.8, 4) is 0 Å². The summed E-state index contributed by atoms with van der Waals surface area (Å²) in [5.74, 6) is 0. The molecule has 0 spiro atoms. The van der Waals surface area contributed by atoms with Gasteiger partial charge in [0.1, 0.15) is 0 Å². The van der Waals surface area contributed by atoms with Gasteiger partial charge in [0.2, 0.25) is 0 Å². The highest BCUT2D eigenvalue weighted by Gasteiger charge is 2.20. The number of nitrogens with zero attached hydrogens (tertiary/aromatic N) is 2. The summed E-state index contributed by atoms with van der Waals surface area (Å²) in [7, 11) is 0. The molecule has 0 atom stereocenters. The van der Waals surface area contributed by atoms with Crippen LogP contribution in [0.1, 0.15) is 6.92 Å². The molecule has 0 bridgehead atoms. The van der Waals surface area contributed by atoms with E-state index in [0.29, 0.717) is 6.92 Å². The summed E-state index contributed by atoms with van der Waals surface area (Å²) in [6.45, 7) is 0.667. The van der Waals surface area contributed by atoms with Gasteiger partial charge in [-0.1, -0.05) is 17.9 Å². The van der Waals surface area contributed by atoms with E-state index in [4.69, 9.17) is 0 Å². The zero-order valence-electron chi connectivity index (χ0n) is 3.98. The Bertz CT molecular complexity index is 57.1. The number of hydrogen-bond acceptors (Lipinski definition) is 2. The predicted molar refractivity (Wildman–Crippen MR) is 17.6 cm³/mol. The highest BCUT2D eigenvalue weighted by atomic mass is 19.4. The van der Waals surface area contributed by atoms with Crippen LogP contribution in [0.15, 0.2) is 0 Å². The molecule has 50 valence electrons. The first kappa shape index (κ1) is 7.64. The Kier molecular flexibility index (Phi) is 2.70. The van der Waals surface area contributed by atoms with E-state index in [0.717, 1.165) is 0 Å². The third-order valence-corrected chi connectivity index (χ3v) is 0.565. The summed E-state index contributed by atoms with van der Waals surface area (Å²) < 4.78 is 44.0. The number of hydrogen-bond donors (Lipinski definition) is 0. The van der Waals surface area contributed by atoms with Crippen LogP contribution in [0.25, 0.3) is 0 Å². The van der Waals surface area contributed by atoms with Crippen LogP contribution < -0.4 is 0 Å². The molecule has 0 aromatic heterocycles. The first-order valence-electron chi connectivity index (χ1n) is 1.77. The van der Waals surface area contributed by atoms with Gasteiger partial charge in [0.15, 0.2) is 6.17 Å². The second-order valence-electron chi connectivity index (χ2n) is 1.15. The minimum atomic E-state index is -2.13. The Hall–Kier alpha value is -0.360. The highest BCUT2D eigenvalue weighted by molar-refractivity contribution is 4.34. The molecule has 0 radical (unpaired) electrons. The monoisotopic (exact) mass is 132 g/mol. The van der Waals surface area contributed by atoms with Gasteiger partial charge in [-0.2, -0.15) is 0 Å². The molecule has 0 saturated heterocycles.